The van der Waals surface area contributed by atoms with Gasteiger partial charge in [-0.3, -0.25) is 0 Å². The molecular formula is C8H11NS. The van der Waals surface area contributed by atoms with Crippen LogP contribution >= 0.6 is 12.6 Å². The molecule has 0 N–H and O–H groups in total. The number of nitrogens with zero attached hydrogens (tertiary/aromatic N) is 1. The Morgan fingerprint density at radius 3 is 2.80 bits per heavy atom. The van der Waals surface area contributed by atoms with Crippen LogP contribution in [0.2, 0.25) is 0 Å². The van der Waals surface area contributed by atoms with E-state index in [0.717, 1.165) is 11.4 Å². The summed E-state index contributed by atoms with van der Waals surface area (Å²) in [6.45, 7) is 4.21. The van der Waals surface area contributed by atoms with Crippen molar-refractivity contribution in [2.45, 2.75) is 25.3 Å². The SMILES string of the molecule is CCc1cnc(S)cc1C. The molecule has 1 heterocycles. The molecular weight excluding hydrogens is 142 g/mol. The van der Waals surface area contributed by atoms with E-state index in [1.807, 2.05) is 12.3 Å². The van der Waals surface area contributed by atoms with Crippen LogP contribution in [0.25, 0.3) is 0 Å². The lowest BCUT2D eigenvalue weighted by atomic mass is 10.1. The Hall–Kier alpha value is -0.500. The van der Waals surface area contributed by atoms with Gasteiger partial charge in [0, 0.05) is 6.20 Å². The number of aromatic nitrogens is 1. The summed E-state index contributed by atoms with van der Waals surface area (Å²) in [6, 6.07) is 1.99. The number of hydrogen-bond acceptors (Lipinski definition) is 2. The monoisotopic (exact) mass is 153 g/mol. The average molecular weight is 153 g/mol. The van der Waals surface area contributed by atoms with E-state index in [9.17, 15) is 0 Å². The number of aryl methyl sites for hydroxylation is 2. The predicted octanol–water partition coefficient (Wildman–Crippen LogP) is 2.24. The quantitative estimate of drug-likeness (QED) is 0.610. The average Bonchev–Trinajstić information content (AvgIpc) is 1.88. The molecule has 0 aliphatic carbocycles. The molecule has 0 aliphatic heterocycles. The van der Waals surface area contributed by atoms with Gasteiger partial charge in [-0.05, 0) is 30.5 Å². The van der Waals surface area contributed by atoms with Crippen LogP contribution in [0, 0.1) is 6.92 Å². The molecule has 0 bridgehead atoms. The van der Waals surface area contributed by atoms with Crippen molar-refractivity contribution in [3.8, 4) is 0 Å². The lowest BCUT2D eigenvalue weighted by Gasteiger charge is -2.00. The Labute approximate surface area is 66.9 Å². The highest BCUT2D eigenvalue weighted by molar-refractivity contribution is 7.80. The van der Waals surface area contributed by atoms with Crippen LogP contribution in [0.1, 0.15) is 18.1 Å². The van der Waals surface area contributed by atoms with E-state index in [0.29, 0.717) is 0 Å². The van der Waals surface area contributed by atoms with Crippen molar-refractivity contribution in [1.29, 1.82) is 0 Å². The molecule has 0 fully saturated rings. The Kier molecular flexibility index (Phi) is 2.33. The van der Waals surface area contributed by atoms with Crippen molar-refractivity contribution in [2.24, 2.45) is 0 Å². The fraction of sp³-hybridized carbons (Fsp3) is 0.375. The van der Waals surface area contributed by atoms with Gasteiger partial charge in [0.15, 0.2) is 0 Å². The van der Waals surface area contributed by atoms with Crippen LogP contribution < -0.4 is 0 Å². The van der Waals surface area contributed by atoms with E-state index < -0.39 is 0 Å². The maximum Gasteiger partial charge on any atom is 0.0932 e. The van der Waals surface area contributed by atoms with Crippen molar-refractivity contribution in [2.75, 3.05) is 0 Å². The van der Waals surface area contributed by atoms with E-state index in [4.69, 9.17) is 0 Å². The van der Waals surface area contributed by atoms with Crippen molar-refractivity contribution < 1.29 is 0 Å². The number of rotatable bonds is 1. The second-order valence-electron chi connectivity index (χ2n) is 2.32. The van der Waals surface area contributed by atoms with Crippen LogP contribution in [0.5, 0.6) is 0 Å². The zero-order valence-electron chi connectivity index (χ0n) is 6.26. The van der Waals surface area contributed by atoms with Crippen molar-refractivity contribution in [3.63, 3.8) is 0 Å². The summed E-state index contributed by atoms with van der Waals surface area (Å²) < 4.78 is 0. The second kappa shape index (κ2) is 3.06. The third-order valence-corrected chi connectivity index (χ3v) is 1.83. The van der Waals surface area contributed by atoms with E-state index in [1.54, 1.807) is 0 Å². The Morgan fingerprint density at radius 2 is 2.30 bits per heavy atom. The van der Waals surface area contributed by atoms with Crippen molar-refractivity contribution in [1.82, 2.24) is 4.98 Å². The minimum absolute atomic E-state index is 0.801. The first-order chi connectivity index (χ1) is 4.74. The fourth-order valence-electron chi connectivity index (χ4n) is 0.940. The van der Waals surface area contributed by atoms with E-state index in [-0.39, 0.29) is 0 Å². The molecule has 1 rings (SSSR count). The highest BCUT2D eigenvalue weighted by Crippen LogP contribution is 2.10. The summed E-state index contributed by atoms with van der Waals surface area (Å²) in [4.78, 5) is 4.07. The van der Waals surface area contributed by atoms with Crippen LogP contribution in [0.4, 0.5) is 0 Å². The number of thiol groups is 1. The lowest BCUT2D eigenvalue weighted by molar-refractivity contribution is 1.02. The molecule has 0 saturated heterocycles. The second-order valence-corrected chi connectivity index (χ2v) is 2.78. The summed E-state index contributed by atoms with van der Waals surface area (Å²) in [6.07, 6.45) is 2.94. The van der Waals surface area contributed by atoms with Gasteiger partial charge in [-0.15, -0.1) is 12.6 Å². The molecule has 0 saturated carbocycles. The van der Waals surface area contributed by atoms with Gasteiger partial charge >= 0.3 is 0 Å². The Bertz CT molecular complexity index is 233. The zero-order chi connectivity index (χ0) is 7.56. The van der Waals surface area contributed by atoms with Gasteiger partial charge in [0.2, 0.25) is 0 Å². The molecule has 0 atom stereocenters. The van der Waals surface area contributed by atoms with Crippen LogP contribution in [0.3, 0.4) is 0 Å². The summed E-state index contributed by atoms with van der Waals surface area (Å²) in [5.41, 5.74) is 2.58. The van der Waals surface area contributed by atoms with E-state index >= 15 is 0 Å². The lowest BCUT2D eigenvalue weighted by Crippen LogP contribution is -1.88. The molecule has 0 aliphatic rings. The number of pyridine rings is 1. The van der Waals surface area contributed by atoms with Crippen LogP contribution in [-0.4, -0.2) is 4.98 Å². The minimum Gasteiger partial charge on any atom is -0.250 e. The first kappa shape index (κ1) is 7.61. The molecule has 54 valence electrons. The summed E-state index contributed by atoms with van der Waals surface area (Å²) in [5.74, 6) is 0. The largest absolute Gasteiger partial charge is 0.250 e. The minimum atomic E-state index is 0.801. The molecule has 0 radical (unpaired) electrons. The Morgan fingerprint density at radius 1 is 1.60 bits per heavy atom. The van der Waals surface area contributed by atoms with Gasteiger partial charge in [0.25, 0.3) is 0 Å². The maximum absolute atomic E-state index is 4.13. The molecule has 0 spiro atoms. The van der Waals surface area contributed by atoms with E-state index in [1.165, 1.54) is 11.1 Å². The van der Waals surface area contributed by atoms with Gasteiger partial charge < -0.3 is 0 Å². The predicted molar refractivity (Wildman–Crippen MR) is 45.6 cm³/mol. The van der Waals surface area contributed by atoms with E-state index in [2.05, 4.69) is 31.5 Å². The fourth-order valence-corrected chi connectivity index (χ4v) is 1.19. The van der Waals surface area contributed by atoms with Gasteiger partial charge in [-0.1, -0.05) is 6.92 Å². The maximum atomic E-state index is 4.13. The molecule has 2 heteroatoms. The molecule has 0 amide bonds. The molecule has 1 aromatic rings. The molecule has 10 heavy (non-hydrogen) atoms. The molecule has 1 aromatic heterocycles. The Balaban J connectivity index is 3.07. The zero-order valence-corrected chi connectivity index (χ0v) is 7.15. The highest BCUT2D eigenvalue weighted by atomic mass is 32.1. The highest BCUT2D eigenvalue weighted by Gasteiger charge is 1.95. The third kappa shape index (κ3) is 1.51. The van der Waals surface area contributed by atoms with Crippen LogP contribution in [0.15, 0.2) is 17.3 Å². The normalized spacial score (nSPS) is 9.90. The standard InChI is InChI=1S/C8H11NS/c1-3-7-5-9-8(10)4-6(7)2/h4-5H,3H2,1-2H3,(H,9,10). The topological polar surface area (TPSA) is 12.9 Å². The van der Waals surface area contributed by atoms with Crippen molar-refractivity contribution in [3.05, 3.63) is 23.4 Å². The molecule has 0 aromatic carbocycles. The van der Waals surface area contributed by atoms with Gasteiger partial charge in [-0.25, -0.2) is 4.98 Å². The van der Waals surface area contributed by atoms with Gasteiger partial charge in [0.1, 0.15) is 0 Å². The summed E-state index contributed by atoms with van der Waals surface area (Å²) >= 11 is 4.13. The van der Waals surface area contributed by atoms with Crippen molar-refractivity contribution >= 4 is 12.6 Å². The molecule has 0 unspecified atom stereocenters. The number of hydrogen-bond donors (Lipinski definition) is 1. The first-order valence-corrected chi connectivity index (χ1v) is 3.83. The summed E-state index contributed by atoms with van der Waals surface area (Å²) in [5, 5.41) is 0.801. The van der Waals surface area contributed by atoms with Gasteiger partial charge in [0.05, 0.1) is 5.03 Å². The van der Waals surface area contributed by atoms with Gasteiger partial charge in [-0.2, -0.15) is 0 Å². The smallest absolute Gasteiger partial charge is 0.0932 e. The third-order valence-electron chi connectivity index (χ3n) is 1.59. The molecule has 1 nitrogen and oxygen atoms in total. The first-order valence-electron chi connectivity index (χ1n) is 3.38. The van der Waals surface area contributed by atoms with Crippen LogP contribution in [-0.2, 0) is 6.42 Å². The summed E-state index contributed by atoms with van der Waals surface area (Å²) in [7, 11) is 0.